The molecule has 3 aromatic rings. The van der Waals surface area contributed by atoms with Crippen LogP contribution in [-0.4, -0.2) is 26.4 Å². The number of halogens is 1. The normalized spacial score (nSPS) is 14.5. The molecular formula is C17H15FN4O2. The number of pyridine rings is 1. The van der Waals surface area contributed by atoms with Crippen molar-refractivity contribution >= 4 is 0 Å². The highest BCUT2D eigenvalue weighted by atomic mass is 19.1. The van der Waals surface area contributed by atoms with Gasteiger partial charge < -0.3 is 9.40 Å². The molecule has 1 N–H and O–H groups in total. The van der Waals surface area contributed by atoms with Crippen molar-refractivity contribution in [1.29, 1.82) is 0 Å². The largest absolute Gasteiger partial charge is 0.461 e. The van der Waals surface area contributed by atoms with E-state index < -0.39 is 0 Å². The summed E-state index contributed by atoms with van der Waals surface area (Å²) in [6.07, 6.45) is 5.03. The average Bonchev–Trinajstić information content (AvgIpc) is 3.10. The number of fused-ring (bicyclic) bond motifs is 1. The Labute approximate surface area is 137 Å². The quantitative estimate of drug-likeness (QED) is 0.798. The molecular weight excluding hydrogens is 311 g/mol. The van der Waals surface area contributed by atoms with Gasteiger partial charge in [0.2, 0.25) is 0 Å². The number of furan rings is 1. The van der Waals surface area contributed by atoms with Crippen molar-refractivity contribution in [1.82, 2.24) is 19.9 Å². The van der Waals surface area contributed by atoms with Crippen LogP contribution in [-0.2, 0) is 19.5 Å². The van der Waals surface area contributed by atoms with Gasteiger partial charge in [0.1, 0.15) is 5.82 Å². The fraction of sp³-hybridized carbons (Fsp3) is 0.235. The van der Waals surface area contributed by atoms with E-state index in [1.807, 2.05) is 0 Å². The monoisotopic (exact) mass is 326 g/mol. The van der Waals surface area contributed by atoms with Crippen molar-refractivity contribution in [2.75, 3.05) is 6.54 Å². The summed E-state index contributed by atoms with van der Waals surface area (Å²) in [4.78, 5) is 25.6. The van der Waals surface area contributed by atoms with E-state index in [1.165, 1.54) is 12.3 Å². The maximum atomic E-state index is 13.2. The van der Waals surface area contributed by atoms with Crippen molar-refractivity contribution in [3.63, 3.8) is 0 Å². The minimum Gasteiger partial charge on any atom is -0.461 e. The highest BCUT2D eigenvalue weighted by Gasteiger charge is 2.22. The van der Waals surface area contributed by atoms with E-state index in [9.17, 15) is 9.18 Å². The van der Waals surface area contributed by atoms with Gasteiger partial charge in [-0.25, -0.2) is 9.37 Å². The third kappa shape index (κ3) is 2.85. The molecule has 1 aliphatic heterocycles. The molecule has 0 unspecified atom stereocenters. The highest BCUT2D eigenvalue weighted by molar-refractivity contribution is 5.47. The second-order valence-corrected chi connectivity index (χ2v) is 5.79. The lowest BCUT2D eigenvalue weighted by molar-refractivity contribution is 0.241. The molecule has 0 amide bonds. The number of rotatable bonds is 3. The van der Waals surface area contributed by atoms with Gasteiger partial charge in [0, 0.05) is 32.3 Å². The molecule has 0 aromatic carbocycles. The lowest BCUT2D eigenvalue weighted by Crippen LogP contribution is -2.35. The Morgan fingerprint density at radius 2 is 2.29 bits per heavy atom. The third-order valence-electron chi connectivity index (χ3n) is 4.07. The summed E-state index contributed by atoms with van der Waals surface area (Å²) in [6, 6.07) is 4.98. The molecule has 4 rings (SSSR count). The van der Waals surface area contributed by atoms with Gasteiger partial charge in [-0.1, -0.05) is 0 Å². The number of hydrogen-bond donors (Lipinski definition) is 1. The summed E-state index contributed by atoms with van der Waals surface area (Å²) in [5, 5.41) is 0. The van der Waals surface area contributed by atoms with E-state index in [1.54, 1.807) is 24.6 Å². The first kappa shape index (κ1) is 14.8. The molecule has 0 atom stereocenters. The first-order valence-corrected chi connectivity index (χ1v) is 7.67. The van der Waals surface area contributed by atoms with Crippen molar-refractivity contribution in [3.05, 3.63) is 69.8 Å². The number of hydrogen-bond acceptors (Lipinski definition) is 5. The zero-order chi connectivity index (χ0) is 16.5. The summed E-state index contributed by atoms with van der Waals surface area (Å²) < 4.78 is 18.5. The van der Waals surface area contributed by atoms with E-state index in [0.29, 0.717) is 36.7 Å². The van der Waals surface area contributed by atoms with Gasteiger partial charge in [-0.15, -0.1) is 0 Å². The van der Waals surface area contributed by atoms with Crippen LogP contribution >= 0.6 is 0 Å². The maximum Gasteiger partial charge on any atom is 0.256 e. The first-order chi connectivity index (χ1) is 11.7. The number of aromatic amines is 1. The van der Waals surface area contributed by atoms with Crippen LogP contribution in [0.2, 0.25) is 0 Å². The van der Waals surface area contributed by atoms with Crippen LogP contribution in [0.25, 0.3) is 11.6 Å². The molecule has 122 valence electrons. The molecule has 1 aliphatic rings. The van der Waals surface area contributed by atoms with Crippen LogP contribution in [0.3, 0.4) is 0 Å². The number of aromatic nitrogens is 3. The summed E-state index contributed by atoms with van der Waals surface area (Å²) in [5.41, 5.74) is 2.07. The van der Waals surface area contributed by atoms with Gasteiger partial charge in [-0.05, 0) is 23.8 Å². The van der Waals surface area contributed by atoms with Gasteiger partial charge in [-0.3, -0.25) is 14.7 Å². The van der Waals surface area contributed by atoms with Crippen molar-refractivity contribution in [2.24, 2.45) is 0 Å². The zero-order valence-corrected chi connectivity index (χ0v) is 12.8. The minimum atomic E-state index is -0.354. The molecule has 4 heterocycles. The molecule has 0 fully saturated rings. The number of H-pyrrole nitrogens is 1. The second-order valence-electron chi connectivity index (χ2n) is 5.79. The minimum absolute atomic E-state index is 0.159. The summed E-state index contributed by atoms with van der Waals surface area (Å²) >= 11 is 0. The Morgan fingerprint density at radius 1 is 1.38 bits per heavy atom. The molecule has 0 radical (unpaired) electrons. The van der Waals surface area contributed by atoms with Crippen LogP contribution in [0, 0.1) is 5.82 Å². The predicted octanol–water partition coefficient (Wildman–Crippen LogP) is 2.12. The molecule has 0 spiro atoms. The molecule has 24 heavy (non-hydrogen) atoms. The van der Waals surface area contributed by atoms with Crippen LogP contribution < -0.4 is 5.56 Å². The van der Waals surface area contributed by atoms with Crippen LogP contribution in [0.4, 0.5) is 4.39 Å². The lowest BCUT2D eigenvalue weighted by Gasteiger charge is -2.27. The Morgan fingerprint density at radius 3 is 3.08 bits per heavy atom. The third-order valence-corrected chi connectivity index (χ3v) is 4.07. The maximum absolute atomic E-state index is 13.2. The first-order valence-electron chi connectivity index (χ1n) is 7.67. The van der Waals surface area contributed by atoms with Crippen molar-refractivity contribution in [3.8, 4) is 11.6 Å². The summed E-state index contributed by atoms with van der Waals surface area (Å²) in [5.74, 6) is 0.641. The fourth-order valence-electron chi connectivity index (χ4n) is 2.95. The second kappa shape index (κ2) is 6.01. The van der Waals surface area contributed by atoms with Gasteiger partial charge in [0.25, 0.3) is 5.56 Å². The molecule has 0 bridgehead atoms. The van der Waals surface area contributed by atoms with E-state index in [2.05, 4.69) is 19.9 Å². The van der Waals surface area contributed by atoms with Crippen molar-refractivity contribution in [2.45, 2.75) is 19.5 Å². The molecule has 7 heteroatoms. The molecule has 0 saturated heterocycles. The lowest BCUT2D eigenvalue weighted by atomic mass is 10.1. The molecule has 3 aromatic heterocycles. The Balaban J connectivity index is 1.58. The highest BCUT2D eigenvalue weighted by Crippen LogP contribution is 2.20. The molecule has 0 aliphatic carbocycles. The van der Waals surface area contributed by atoms with E-state index in [0.717, 1.165) is 17.8 Å². The van der Waals surface area contributed by atoms with Crippen LogP contribution in [0.15, 0.2) is 46.1 Å². The van der Waals surface area contributed by atoms with Crippen LogP contribution in [0.5, 0.6) is 0 Å². The summed E-state index contributed by atoms with van der Waals surface area (Å²) in [7, 11) is 0. The number of nitrogens with zero attached hydrogens (tertiary/aromatic N) is 3. The zero-order valence-electron chi connectivity index (χ0n) is 12.8. The topological polar surface area (TPSA) is 75.0 Å². The Bertz CT molecular complexity index is 921. The molecule has 6 nitrogen and oxygen atoms in total. The standard InChI is InChI=1S/C17H15FN4O2/c18-12-6-11(7-19-8-12)9-22-4-3-14-13(10-22)17(23)21-16(20-14)15-2-1-5-24-15/h1-2,5-8H,3-4,9-10H2,(H,20,21,23). The molecule has 0 saturated carbocycles. The number of nitrogens with one attached hydrogen (secondary N) is 1. The predicted molar refractivity (Wildman–Crippen MR) is 84.6 cm³/mol. The van der Waals surface area contributed by atoms with Gasteiger partial charge >= 0.3 is 0 Å². The van der Waals surface area contributed by atoms with E-state index in [-0.39, 0.29) is 11.4 Å². The SMILES string of the molecule is O=c1[nH]c(-c2ccco2)nc2c1CN(Cc1cncc(F)c1)CC2. The average molecular weight is 326 g/mol. The van der Waals surface area contributed by atoms with Crippen molar-refractivity contribution < 1.29 is 8.81 Å². The Kier molecular flexibility index (Phi) is 3.70. The summed E-state index contributed by atoms with van der Waals surface area (Å²) in [6.45, 7) is 1.77. The van der Waals surface area contributed by atoms with Gasteiger partial charge in [0.05, 0.1) is 23.7 Å². The smallest absolute Gasteiger partial charge is 0.256 e. The fourth-order valence-corrected chi connectivity index (χ4v) is 2.95. The Hall–Kier alpha value is -2.80. The van der Waals surface area contributed by atoms with E-state index >= 15 is 0 Å². The van der Waals surface area contributed by atoms with Crippen LogP contribution in [0.1, 0.15) is 16.8 Å². The van der Waals surface area contributed by atoms with Gasteiger partial charge in [0.15, 0.2) is 11.6 Å². The van der Waals surface area contributed by atoms with E-state index in [4.69, 9.17) is 4.42 Å². The van der Waals surface area contributed by atoms with Gasteiger partial charge in [-0.2, -0.15) is 0 Å².